The van der Waals surface area contributed by atoms with E-state index in [1.54, 1.807) is 48.5 Å². The number of carbonyl (C=O) groups is 1. The summed E-state index contributed by atoms with van der Waals surface area (Å²) in [5.74, 6) is 0.105. The number of carbonyl (C=O) groups excluding carboxylic acids is 1. The molecule has 4 rings (SSSR count). The molecule has 0 saturated heterocycles. The van der Waals surface area contributed by atoms with E-state index < -0.39 is 0 Å². The van der Waals surface area contributed by atoms with Gasteiger partial charge >= 0.3 is 0 Å². The van der Waals surface area contributed by atoms with Gasteiger partial charge in [-0.3, -0.25) is 14.2 Å². The van der Waals surface area contributed by atoms with Gasteiger partial charge in [0.05, 0.1) is 12.0 Å². The summed E-state index contributed by atoms with van der Waals surface area (Å²) >= 11 is 0. The molecular weight excluding hydrogens is 361 g/mol. The van der Waals surface area contributed by atoms with Crippen molar-refractivity contribution in [2.45, 2.75) is 6.04 Å². The Balaban J connectivity index is 1.51. The molecule has 142 valence electrons. The van der Waals surface area contributed by atoms with Gasteiger partial charge in [-0.2, -0.15) is 10.2 Å². The van der Waals surface area contributed by atoms with Crippen molar-refractivity contribution >= 4 is 5.91 Å². The number of hydrogen-bond acceptors (Lipinski definition) is 4. The number of nitrogens with zero attached hydrogens (tertiary/aromatic N) is 4. The van der Waals surface area contributed by atoms with Crippen molar-refractivity contribution in [3.05, 3.63) is 84.5 Å². The topological polar surface area (TPSA) is 77.9 Å². The van der Waals surface area contributed by atoms with Crippen molar-refractivity contribution in [3.63, 3.8) is 0 Å². The number of furan rings is 1. The Hall–Kier alpha value is -3.68. The maximum absolute atomic E-state index is 13.1. The second-order valence-corrected chi connectivity index (χ2v) is 6.27. The van der Waals surface area contributed by atoms with E-state index in [9.17, 15) is 9.18 Å². The minimum atomic E-state index is -0.319. The van der Waals surface area contributed by atoms with E-state index in [4.69, 9.17) is 4.42 Å². The first kappa shape index (κ1) is 17.7. The van der Waals surface area contributed by atoms with Crippen LogP contribution < -0.4 is 5.32 Å². The van der Waals surface area contributed by atoms with Gasteiger partial charge in [-0.25, -0.2) is 4.39 Å². The van der Waals surface area contributed by atoms with Crippen molar-refractivity contribution < 1.29 is 13.6 Å². The van der Waals surface area contributed by atoms with Gasteiger partial charge in [0.25, 0.3) is 5.91 Å². The van der Waals surface area contributed by atoms with Gasteiger partial charge < -0.3 is 9.73 Å². The van der Waals surface area contributed by atoms with Crippen molar-refractivity contribution in [1.29, 1.82) is 0 Å². The highest BCUT2D eigenvalue weighted by atomic mass is 19.1. The fourth-order valence-electron chi connectivity index (χ4n) is 2.99. The van der Waals surface area contributed by atoms with Crippen LogP contribution >= 0.6 is 0 Å². The molecule has 1 N–H and O–H groups in total. The van der Waals surface area contributed by atoms with Crippen molar-refractivity contribution in [2.75, 3.05) is 6.54 Å². The van der Waals surface area contributed by atoms with Crippen LogP contribution in [-0.2, 0) is 7.05 Å². The summed E-state index contributed by atoms with van der Waals surface area (Å²) in [6.07, 6.45) is 5.08. The molecule has 1 amide bonds. The maximum atomic E-state index is 13.1. The minimum Gasteiger partial charge on any atom is -0.467 e. The number of rotatable bonds is 6. The second-order valence-electron chi connectivity index (χ2n) is 6.27. The van der Waals surface area contributed by atoms with Crippen LogP contribution in [0.25, 0.3) is 11.3 Å². The molecule has 4 aromatic rings. The third-order valence-corrected chi connectivity index (χ3v) is 4.42. The molecule has 0 bridgehead atoms. The average molecular weight is 379 g/mol. The summed E-state index contributed by atoms with van der Waals surface area (Å²) in [4.78, 5) is 12.7. The van der Waals surface area contributed by atoms with Crippen LogP contribution in [0.4, 0.5) is 4.39 Å². The van der Waals surface area contributed by atoms with Crippen LogP contribution in [0.5, 0.6) is 0 Å². The molecule has 1 atom stereocenters. The standard InChI is InChI=1S/C20H18FN5O2/c1-25-17(12-16(24-25)14-5-7-15(21)8-6-14)20(27)22-13-18(19-4-2-11-28-19)26-10-3-9-23-26/h2-12,18H,13H2,1H3,(H,22,27)/t18-/m1/s1. The largest absolute Gasteiger partial charge is 0.467 e. The number of amides is 1. The van der Waals surface area contributed by atoms with Gasteiger partial charge in [0.2, 0.25) is 0 Å². The van der Waals surface area contributed by atoms with Gasteiger partial charge in [0.15, 0.2) is 0 Å². The van der Waals surface area contributed by atoms with Gasteiger partial charge in [0.1, 0.15) is 23.3 Å². The van der Waals surface area contributed by atoms with Crippen molar-refractivity contribution in [2.24, 2.45) is 7.05 Å². The SMILES string of the molecule is Cn1nc(-c2ccc(F)cc2)cc1C(=O)NC[C@H](c1ccco1)n1cccn1. The zero-order valence-electron chi connectivity index (χ0n) is 15.1. The van der Waals surface area contributed by atoms with E-state index in [1.807, 2.05) is 18.3 Å². The smallest absolute Gasteiger partial charge is 0.269 e. The highest BCUT2D eigenvalue weighted by Crippen LogP contribution is 2.20. The summed E-state index contributed by atoms with van der Waals surface area (Å²) in [6.45, 7) is 0.297. The number of benzene rings is 1. The van der Waals surface area contributed by atoms with Crippen LogP contribution in [0.2, 0.25) is 0 Å². The molecule has 0 aliphatic rings. The minimum absolute atomic E-state index is 0.265. The lowest BCUT2D eigenvalue weighted by molar-refractivity contribution is 0.0938. The Kier molecular flexibility index (Phi) is 4.76. The summed E-state index contributed by atoms with van der Waals surface area (Å²) in [5, 5.41) is 11.5. The Morgan fingerprint density at radius 3 is 2.75 bits per heavy atom. The van der Waals surface area contributed by atoms with E-state index in [1.165, 1.54) is 16.8 Å². The predicted octanol–water partition coefficient (Wildman–Crippen LogP) is 3.04. The Bertz CT molecular complexity index is 1020. The van der Waals surface area contributed by atoms with Crippen LogP contribution in [0.15, 0.2) is 71.6 Å². The normalized spacial score (nSPS) is 12.1. The maximum Gasteiger partial charge on any atom is 0.269 e. The van der Waals surface area contributed by atoms with Crippen LogP contribution in [-0.4, -0.2) is 32.0 Å². The van der Waals surface area contributed by atoms with E-state index >= 15 is 0 Å². The van der Waals surface area contributed by atoms with Crippen LogP contribution in [0.1, 0.15) is 22.3 Å². The number of aryl methyl sites for hydroxylation is 1. The summed E-state index contributed by atoms with van der Waals surface area (Å²) in [6, 6.07) is 12.8. The Morgan fingerprint density at radius 2 is 2.07 bits per heavy atom. The monoisotopic (exact) mass is 379 g/mol. The third-order valence-electron chi connectivity index (χ3n) is 4.42. The zero-order chi connectivity index (χ0) is 19.5. The van der Waals surface area contributed by atoms with E-state index in [-0.39, 0.29) is 17.8 Å². The highest BCUT2D eigenvalue weighted by molar-refractivity contribution is 5.93. The molecule has 0 saturated carbocycles. The fraction of sp³-hybridized carbons (Fsp3) is 0.150. The molecule has 0 aliphatic carbocycles. The number of hydrogen-bond donors (Lipinski definition) is 1. The Morgan fingerprint density at radius 1 is 1.25 bits per heavy atom. The molecule has 28 heavy (non-hydrogen) atoms. The molecule has 0 aliphatic heterocycles. The third kappa shape index (κ3) is 3.57. The van der Waals surface area contributed by atoms with E-state index in [2.05, 4.69) is 15.5 Å². The molecular formula is C20H18FN5O2. The molecule has 8 heteroatoms. The zero-order valence-corrected chi connectivity index (χ0v) is 15.1. The fourth-order valence-corrected chi connectivity index (χ4v) is 2.99. The summed E-state index contributed by atoms with van der Waals surface area (Å²) < 4.78 is 21.8. The van der Waals surface area contributed by atoms with E-state index in [0.717, 1.165) is 5.56 Å². The Labute approximate surface area is 160 Å². The van der Waals surface area contributed by atoms with Gasteiger partial charge in [0, 0.05) is 31.5 Å². The summed E-state index contributed by atoms with van der Waals surface area (Å²) in [5.41, 5.74) is 1.74. The number of aromatic nitrogens is 4. The molecule has 0 radical (unpaired) electrons. The highest BCUT2D eigenvalue weighted by Gasteiger charge is 2.20. The molecule has 7 nitrogen and oxygen atoms in total. The lowest BCUT2D eigenvalue weighted by Gasteiger charge is -2.16. The lowest BCUT2D eigenvalue weighted by atomic mass is 10.1. The molecule has 3 aromatic heterocycles. The quantitative estimate of drug-likeness (QED) is 0.559. The first-order valence-corrected chi connectivity index (χ1v) is 8.72. The van der Waals surface area contributed by atoms with Crippen LogP contribution in [0.3, 0.4) is 0 Å². The average Bonchev–Trinajstić information content (AvgIpc) is 3.45. The number of halogens is 1. The van der Waals surface area contributed by atoms with Crippen molar-refractivity contribution in [1.82, 2.24) is 24.9 Å². The predicted molar refractivity (Wildman–Crippen MR) is 100 cm³/mol. The molecule has 1 aromatic carbocycles. The second kappa shape index (κ2) is 7.51. The molecule has 3 heterocycles. The first-order chi connectivity index (χ1) is 13.6. The molecule has 0 unspecified atom stereocenters. The number of nitrogens with one attached hydrogen (secondary N) is 1. The molecule has 0 spiro atoms. The van der Waals surface area contributed by atoms with Gasteiger partial charge in [-0.05, 0) is 48.5 Å². The van der Waals surface area contributed by atoms with Crippen molar-refractivity contribution in [3.8, 4) is 11.3 Å². The van der Waals surface area contributed by atoms with Gasteiger partial charge in [-0.1, -0.05) is 0 Å². The lowest BCUT2D eigenvalue weighted by Crippen LogP contribution is -2.32. The van der Waals surface area contributed by atoms with E-state index in [0.29, 0.717) is 23.7 Å². The van der Waals surface area contributed by atoms with Crippen LogP contribution in [0, 0.1) is 5.82 Å². The summed E-state index contributed by atoms with van der Waals surface area (Å²) in [7, 11) is 1.69. The van der Waals surface area contributed by atoms with Gasteiger partial charge in [-0.15, -0.1) is 0 Å². The molecule has 0 fully saturated rings. The first-order valence-electron chi connectivity index (χ1n) is 8.72.